The van der Waals surface area contributed by atoms with Crippen molar-refractivity contribution in [1.29, 1.82) is 0 Å². The highest BCUT2D eigenvalue weighted by molar-refractivity contribution is 5.71. The number of alkyl halides is 3. The first-order valence-corrected chi connectivity index (χ1v) is 6.91. The van der Waals surface area contributed by atoms with E-state index in [4.69, 9.17) is 4.74 Å². The summed E-state index contributed by atoms with van der Waals surface area (Å²) in [5.41, 5.74) is 1.32. The maximum atomic E-state index is 12.4. The van der Waals surface area contributed by atoms with Gasteiger partial charge in [-0.25, -0.2) is 15.0 Å². The summed E-state index contributed by atoms with van der Waals surface area (Å²) in [6, 6.07) is 12.2. The first-order valence-electron chi connectivity index (χ1n) is 6.91. The van der Waals surface area contributed by atoms with Gasteiger partial charge in [-0.15, -0.1) is 0 Å². The number of benzene rings is 1. The molecule has 0 radical (unpaired) electrons. The molecule has 0 saturated carbocycles. The van der Waals surface area contributed by atoms with Gasteiger partial charge in [-0.05, 0) is 30.2 Å². The molecule has 2 aromatic heterocycles. The molecule has 0 saturated heterocycles. The van der Waals surface area contributed by atoms with Crippen molar-refractivity contribution in [3.05, 3.63) is 59.9 Å². The fourth-order valence-electron chi connectivity index (χ4n) is 1.86. The van der Waals surface area contributed by atoms with E-state index >= 15 is 0 Å². The van der Waals surface area contributed by atoms with Gasteiger partial charge < -0.3 is 4.74 Å². The molecule has 0 aliphatic carbocycles. The molecule has 0 atom stereocenters. The van der Waals surface area contributed by atoms with E-state index in [1.54, 1.807) is 36.4 Å². The monoisotopic (exact) mass is 329 g/mol. The van der Waals surface area contributed by atoms with Crippen LogP contribution in [0.15, 0.2) is 48.7 Å². The lowest BCUT2D eigenvalue weighted by Gasteiger charge is -2.09. The summed E-state index contributed by atoms with van der Waals surface area (Å²) >= 11 is 0. The predicted octanol–water partition coefficient (Wildman–Crippen LogP) is 3.37. The molecule has 0 spiro atoms. The molecule has 1 aromatic carbocycles. The quantitative estimate of drug-likeness (QED) is 0.677. The molecular weight excluding hydrogens is 319 g/mol. The number of hydrogen-bond acceptors (Lipinski definition) is 4. The minimum Gasteiger partial charge on any atom is -0.466 e. The molecule has 7 heteroatoms. The Morgan fingerprint density at radius 2 is 1.75 bits per heavy atom. The van der Waals surface area contributed by atoms with Crippen LogP contribution in [-0.4, -0.2) is 27.7 Å². The SMILES string of the molecule is FC(F)(F)COc1nc2cccnc2nc1C#Cc1ccccc1. The first-order chi connectivity index (χ1) is 11.5. The maximum absolute atomic E-state index is 12.4. The molecule has 0 bridgehead atoms. The van der Waals surface area contributed by atoms with Crippen LogP contribution < -0.4 is 4.74 Å². The van der Waals surface area contributed by atoms with Crippen LogP contribution in [0, 0.1) is 11.8 Å². The van der Waals surface area contributed by atoms with E-state index in [2.05, 4.69) is 26.8 Å². The van der Waals surface area contributed by atoms with E-state index in [9.17, 15) is 13.2 Å². The number of hydrogen-bond donors (Lipinski definition) is 0. The van der Waals surface area contributed by atoms with E-state index in [-0.39, 0.29) is 17.2 Å². The van der Waals surface area contributed by atoms with Crippen LogP contribution in [0.1, 0.15) is 11.3 Å². The van der Waals surface area contributed by atoms with Crippen LogP contribution in [0.3, 0.4) is 0 Å². The summed E-state index contributed by atoms with van der Waals surface area (Å²) in [7, 11) is 0. The van der Waals surface area contributed by atoms with E-state index in [0.717, 1.165) is 0 Å². The second kappa shape index (κ2) is 6.54. The Labute approximate surface area is 135 Å². The smallest absolute Gasteiger partial charge is 0.422 e. The Bertz CT molecular complexity index is 915. The Morgan fingerprint density at radius 1 is 0.958 bits per heavy atom. The summed E-state index contributed by atoms with van der Waals surface area (Å²) in [6.07, 6.45) is -2.96. The summed E-state index contributed by atoms with van der Waals surface area (Å²) in [5, 5.41) is 0. The lowest BCUT2D eigenvalue weighted by molar-refractivity contribution is -0.154. The lowest BCUT2D eigenvalue weighted by atomic mass is 10.2. The Hall–Kier alpha value is -3.14. The van der Waals surface area contributed by atoms with Crippen molar-refractivity contribution in [2.75, 3.05) is 6.61 Å². The van der Waals surface area contributed by atoms with Crippen LogP contribution in [0.4, 0.5) is 13.2 Å². The number of halogens is 3. The van der Waals surface area contributed by atoms with E-state index in [0.29, 0.717) is 11.1 Å². The molecule has 0 fully saturated rings. The van der Waals surface area contributed by atoms with Gasteiger partial charge in [0.15, 0.2) is 17.9 Å². The van der Waals surface area contributed by atoms with Crippen molar-refractivity contribution in [3.63, 3.8) is 0 Å². The fourth-order valence-corrected chi connectivity index (χ4v) is 1.86. The normalized spacial score (nSPS) is 11.0. The zero-order valence-corrected chi connectivity index (χ0v) is 12.2. The zero-order valence-electron chi connectivity index (χ0n) is 12.2. The molecular formula is C17H10F3N3O. The molecule has 24 heavy (non-hydrogen) atoms. The van der Waals surface area contributed by atoms with Crippen molar-refractivity contribution in [3.8, 4) is 17.7 Å². The minimum atomic E-state index is -4.48. The van der Waals surface area contributed by atoms with E-state index in [1.807, 2.05) is 6.07 Å². The second-order valence-electron chi connectivity index (χ2n) is 4.74. The van der Waals surface area contributed by atoms with Crippen LogP contribution >= 0.6 is 0 Å². The third-order valence-electron chi connectivity index (χ3n) is 2.88. The maximum Gasteiger partial charge on any atom is 0.422 e. The van der Waals surface area contributed by atoms with Crippen LogP contribution in [0.2, 0.25) is 0 Å². The average molecular weight is 329 g/mol. The van der Waals surface area contributed by atoms with Crippen molar-refractivity contribution < 1.29 is 17.9 Å². The standard InChI is InChI=1S/C17H10F3N3O/c18-17(19,20)11-24-16-14(9-8-12-5-2-1-3-6-12)22-15-13(23-16)7-4-10-21-15/h1-7,10H,11H2. The predicted molar refractivity (Wildman–Crippen MR) is 81.3 cm³/mol. The van der Waals surface area contributed by atoms with Gasteiger partial charge in [0, 0.05) is 11.8 Å². The third kappa shape index (κ3) is 3.98. The van der Waals surface area contributed by atoms with Crippen LogP contribution in [0.5, 0.6) is 5.88 Å². The second-order valence-corrected chi connectivity index (χ2v) is 4.74. The number of fused-ring (bicyclic) bond motifs is 1. The average Bonchev–Trinajstić information content (AvgIpc) is 2.58. The molecule has 3 rings (SSSR count). The van der Waals surface area contributed by atoms with Crippen molar-refractivity contribution in [2.24, 2.45) is 0 Å². The largest absolute Gasteiger partial charge is 0.466 e. The van der Waals surface area contributed by atoms with Gasteiger partial charge in [-0.2, -0.15) is 13.2 Å². The summed E-state index contributed by atoms with van der Waals surface area (Å²) in [4.78, 5) is 12.2. The van der Waals surface area contributed by atoms with Gasteiger partial charge in [0.25, 0.3) is 0 Å². The van der Waals surface area contributed by atoms with Crippen molar-refractivity contribution >= 4 is 11.2 Å². The molecule has 3 aromatic rings. The highest BCUT2D eigenvalue weighted by Gasteiger charge is 2.29. The number of nitrogens with zero attached hydrogens (tertiary/aromatic N) is 3. The highest BCUT2D eigenvalue weighted by atomic mass is 19.4. The zero-order chi connectivity index (χ0) is 17.0. The highest BCUT2D eigenvalue weighted by Crippen LogP contribution is 2.21. The first kappa shape index (κ1) is 15.7. The molecule has 0 unspecified atom stereocenters. The van der Waals surface area contributed by atoms with Crippen LogP contribution in [-0.2, 0) is 0 Å². The minimum absolute atomic E-state index is 0.00861. The molecule has 0 aliphatic rings. The number of pyridine rings is 1. The van der Waals surface area contributed by atoms with Crippen molar-refractivity contribution in [2.45, 2.75) is 6.18 Å². The van der Waals surface area contributed by atoms with Gasteiger partial charge in [0.2, 0.25) is 5.88 Å². The number of ether oxygens (including phenoxy) is 1. The van der Waals surface area contributed by atoms with Gasteiger partial charge in [0.1, 0.15) is 5.52 Å². The van der Waals surface area contributed by atoms with Gasteiger partial charge >= 0.3 is 6.18 Å². The molecule has 2 heterocycles. The van der Waals surface area contributed by atoms with Crippen LogP contribution in [0.25, 0.3) is 11.2 Å². The molecule has 0 aliphatic heterocycles. The number of rotatable bonds is 2. The lowest BCUT2D eigenvalue weighted by Crippen LogP contribution is -2.20. The topological polar surface area (TPSA) is 47.9 Å². The summed E-state index contributed by atoms with van der Waals surface area (Å²) in [5.74, 6) is 5.26. The summed E-state index contributed by atoms with van der Waals surface area (Å²) < 4.78 is 42.0. The summed E-state index contributed by atoms with van der Waals surface area (Å²) in [6.45, 7) is -1.46. The Morgan fingerprint density at radius 3 is 2.50 bits per heavy atom. The van der Waals surface area contributed by atoms with Gasteiger partial charge in [0.05, 0.1) is 0 Å². The molecule has 0 N–H and O–H groups in total. The van der Waals surface area contributed by atoms with E-state index in [1.165, 1.54) is 6.20 Å². The molecule has 120 valence electrons. The third-order valence-corrected chi connectivity index (χ3v) is 2.88. The molecule has 0 amide bonds. The van der Waals surface area contributed by atoms with Gasteiger partial charge in [-0.3, -0.25) is 0 Å². The van der Waals surface area contributed by atoms with E-state index < -0.39 is 12.8 Å². The Balaban J connectivity index is 2.01. The van der Waals surface area contributed by atoms with Gasteiger partial charge in [-0.1, -0.05) is 24.1 Å². The number of aromatic nitrogens is 3. The van der Waals surface area contributed by atoms with Crippen molar-refractivity contribution in [1.82, 2.24) is 15.0 Å². The fraction of sp³-hybridized carbons (Fsp3) is 0.118. The Kier molecular flexibility index (Phi) is 4.29. The molecule has 4 nitrogen and oxygen atoms in total.